The largest absolute Gasteiger partial charge is 0.368 e. The molecule has 0 aromatic carbocycles. The third-order valence-corrected chi connectivity index (χ3v) is 3.18. The molecule has 16 heavy (non-hydrogen) atoms. The lowest BCUT2D eigenvalue weighted by molar-refractivity contribution is -0.380. The number of nitrogens with two attached hydrogens (primary N) is 1. The van der Waals surface area contributed by atoms with E-state index in [1.807, 2.05) is 0 Å². The minimum absolute atomic E-state index is 0.0914. The number of rotatable bonds is 5. The van der Waals surface area contributed by atoms with Crippen molar-refractivity contribution in [3.05, 3.63) is 27.1 Å². The van der Waals surface area contributed by atoms with E-state index in [0.717, 1.165) is 16.2 Å². The quantitative estimate of drug-likeness (QED) is 0.595. The molecule has 88 valence electrons. The second kappa shape index (κ2) is 4.58. The number of nitrogens with zero attached hydrogens (tertiary/aromatic N) is 1. The van der Waals surface area contributed by atoms with Gasteiger partial charge in [0, 0.05) is 17.5 Å². The predicted octanol–water partition coefficient (Wildman–Crippen LogP) is 1.01. The van der Waals surface area contributed by atoms with E-state index in [-0.39, 0.29) is 5.00 Å². The van der Waals surface area contributed by atoms with Crippen LogP contribution in [0.4, 0.5) is 5.00 Å². The summed E-state index contributed by atoms with van der Waals surface area (Å²) in [6.07, 6.45) is 0. The van der Waals surface area contributed by atoms with Gasteiger partial charge in [-0.3, -0.25) is 20.2 Å². The van der Waals surface area contributed by atoms with E-state index >= 15 is 0 Å². The fourth-order valence-electron chi connectivity index (χ4n) is 0.955. The maximum Gasteiger partial charge on any atom is 0.324 e. The Kier molecular flexibility index (Phi) is 3.61. The van der Waals surface area contributed by atoms with E-state index in [4.69, 9.17) is 5.73 Å². The number of amides is 1. The topological polar surface area (TPSA) is 98.3 Å². The molecule has 1 amide bonds. The lowest BCUT2D eigenvalue weighted by atomic mass is 10.1. The molecule has 0 radical (unpaired) electrons. The van der Waals surface area contributed by atoms with Gasteiger partial charge in [0.2, 0.25) is 5.91 Å². The Morgan fingerprint density at radius 1 is 1.62 bits per heavy atom. The summed E-state index contributed by atoms with van der Waals surface area (Å²) in [5, 5.41) is 13.5. The zero-order valence-corrected chi connectivity index (χ0v) is 9.84. The second-order valence-corrected chi connectivity index (χ2v) is 4.99. The van der Waals surface area contributed by atoms with Gasteiger partial charge in [-0.05, 0) is 19.9 Å². The Morgan fingerprint density at radius 2 is 2.25 bits per heavy atom. The number of carbonyl (C=O) groups is 1. The SMILES string of the molecule is CC(C)(NCc1ccc([N+](=O)[O-])s1)C(N)=O. The van der Waals surface area contributed by atoms with Gasteiger partial charge >= 0.3 is 5.00 Å². The van der Waals surface area contributed by atoms with Gasteiger partial charge in [-0.2, -0.15) is 0 Å². The molecule has 0 saturated carbocycles. The average molecular weight is 243 g/mol. The molecule has 0 aliphatic carbocycles. The third-order valence-electron chi connectivity index (χ3n) is 2.15. The molecular weight excluding hydrogens is 230 g/mol. The van der Waals surface area contributed by atoms with E-state index in [1.54, 1.807) is 19.9 Å². The Hall–Kier alpha value is -1.47. The zero-order chi connectivity index (χ0) is 12.3. The van der Waals surface area contributed by atoms with Crippen LogP contribution in [0, 0.1) is 10.1 Å². The van der Waals surface area contributed by atoms with Gasteiger partial charge in [0.25, 0.3) is 0 Å². The molecule has 0 fully saturated rings. The van der Waals surface area contributed by atoms with Crippen molar-refractivity contribution >= 4 is 22.2 Å². The van der Waals surface area contributed by atoms with Crippen LogP contribution < -0.4 is 11.1 Å². The molecule has 1 heterocycles. The van der Waals surface area contributed by atoms with Crippen LogP contribution in [0.5, 0.6) is 0 Å². The van der Waals surface area contributed by atoms with E-state index in [0.29, 0.717) is 6.54 Å². The molecule has 0 unspecified atom stereocenters. The van der Waals surface area contributed by atoms with Gasteiger partial charge in [0.1, 0.15) is 0 Å². The highest BCUT2D eigenvalue weighted by molar-refractivity contribution is 7.15. The predicted molar refractivity (Wildman–Crippen MR) is 61.1 cm³/mol. The molecule has 7 heteroatoms. The van der Waals surface area contributed by atoms with Crippen LogP contribution in [0.3, 0.4) is 0 Å². The zero-order valence-electron chi connectivity index (χ0n) is 9.02. The molecule has 0 aliphatic heterocycles. The summed E-state index contributed by atoms with van der Waals surface area (Å²) in [5.41, 5.74) is 4.36. The number of hydrogen-bond donors (Lipinski definition) is 2. The first kappa shape index (κ1) is 12.6. The Labute approximate surface area is 96.6 Å². The standard InChI is InChI=1S/C9H13N3O3S/c1-9(2,8(10)13)11-5-6-3-4-7(16-6)12(14)15/h3-4,11H,5H2,1-2H3,(H2,10,13). The maximum atomic E-state index is 11.0. The van der Waals surface area contributed by atoms with Crippen LogP contribution in [0.2, 0.25) is 0 Å². The van der Waals surface area contributed by atoms with Crippen LogP contribution in [-0.4, -0.2) is 16.4 Å². The lowest BCUT2D eigenvalue weighted by Gasteiger charge is -2.21. The van der Waals surface area contributed by atoms with Gasteiger partial charge in [0.15, 0.2) is 0 Å². The van der Waals surface area contributed by atoms with Crippen LogP contribution in [0.1, 0.15) is 18.7 Å². The van der Waals surface area contributed by atoms with Crippen molar-refractivity contribution in [2.45, 2.75) is 25.9 Å². The van der Waals surface area contributed by atoms with Crippen molar-refractivity contribution in [2.75, 3.05) is 0 Å². The number of primary amides is 1. The number of nitrogens with one attached hydrogen (secondary N) is 1. The summed E-state index contributed by atoms with van der Waals surface area (Å²) in [6.45, 7) is 3.71. The van der Waals surface area contributed by atoms with Gasteiger partial charge in [-0.1, -0.05) is 11.3 Å². The molecule has 1 aromatic heterocycles. The Bertz CT molecular complexity index is 414. The molecule has 0 atom stereocenters. The first-order valence-corrected chi connectivity index (χ1v) is 5.42. The first-order chi connectivity index (χ1) is 7.33. The number of thiophene rings is 1. The monoisotopic (exact) mass is 243 g/mol. The second-order valence-electron chi connectivity index (χ2n) is 3.84. The molecule has 0 aliphatic rings. The number of hydrogen-bond acceptors (Lipinski definition) is 5. The molecule has 0 spiro atoms. The van der Waals surface area contributed by atoms with E-state index in [1.165, 1.54) is 6.07 Å². The fraction of sp³-hybridized carbons (Fsp3) is 0.444. The van der Waals surface area contributed by atoms with Gasteiger partial charge in [-0.25, -0.2) is 0 Å². The highest BCUT2D eigenvalue weighted by Gasteiger charge is 2.24. The highest BCUT2D eigenvalue weighted by Crippen LogP contribution is 2.24. The normalized spacial score (nSPS) is 11.4. The summed E-state index contributed by atoms with van der Waals surface area (Å²) >= 11 is 1.08. The molecule has 1 rings (SSSR count). The van der Waals surface area contributed by atoms with Crippen molar-refractivity contribution in [1.29, 1.82) is 0 Å². The van der Waals surface area contributed by atoms with Gasteiger partial charge < -0.3 is 5.73 Å². The maximum absolute atomic E-state index is 11.0. The first-order valence-electron chi connectivity index (χ1n) is 4.61. The van der Waals surface area contributed by atoms with Crippen LogP contribution in [-0.2, 0) is 11.3 Å². The third kappa shape index (κ3) is 3.01. The summed E-state index contributed by atoms with van der Waals surface area (Å²) < 4.78 is 0. The van der Waals surface area contributed by atoms with Crippen molar-refractivity contribution < 1.29 is 9.72 Å². The lowest BCUT2D eigenvalue weighted by Crippen LogP contribution is -2.50. The molecule has 3 N–H and O–H groups in total. The van der Waals surface area contributed by atoms with E-state index in [9.17, 15) is 14.9 Å². The number of carbonyl (C=O) groups excluding carboxylic acids is 1. The van der Waals surface area contributed by atoms with E-state index in [2.05, 4.69) is 5.32 Å². The Balaban J connectivity index is 2.61. The minimum Gasteiger partial charge on any atom is -0.368 e. The molecule has 1 aromatic rings. The molecule has 0 bridgehead atoms. The van der Waals surface area contributed by atoms with Gasteiger partial charge in [0.05, 0.1) is 10.5 Å². The fourth-order valence-corrected chi connectivity index (χ4v) is 1.71. The van der Waals surface area contributed by atoms with Crippen molar-refractivity contribution in [3.63, 3.8) is 0 Å². The molecule has 0 saturated heterocycles. The summed E-state index contributed by atoms with van der Waals surface area (Å²) in [6, 6.07) is 3.10. The van der Waals surface area contributed by atoms with E-state index < -0.39 is 16.4 Å². The van der Waals surface area contributed by atoms with Gasteiger partial charge in [-0.15, -0.1) is 0 Å². The van der Waals surface area contributed by atoms with Crippen molar-refractivity contribution in [3.8, 4) is 0 Å². The molecule has 6 nitrogen and oxygen atoms in total. The Morgan fingerprint density at radius 3 is 2.69 bits per heavy atom. The van der Waals surface area contributed by atoms with Crippen LogP contribution in [0.25, 0.3) is 0 Å². The smallest absolute Gasteiger partial charge is 0.324 e. The number of nitro groups is 1. The minimum atomic E-state index is -0.821. The highest BCUT2D eigenvalue weighted by atomic mass is 32.1. The average Bonchev–Trinajstić information content (AvgIpc) is 2.63. The van der Waals surface area contributed by atoms with Crippen molar-refractivity contribution in [2.24, 2.45) is 5.73 Å². The summed E-state index contributed by atoms with van der Waals surface area (Å²) in [4.78, 5) is 21.8. The molecular formula is C9H13N3O3S. The van der Waals surface area contributed by atoms with Crippen LogP contribution in [0.15, 0.2) is 12.1 Å². The van der Waals surface area contributed by atoms with Crippen LogP contribution >= 0.6 is 11.3 Å². The summed E-state index contributed by atoms with van der Waals surface area (Å²) in [7, 11) is 0. The van der Waals surface area contributed by atoms with Crippen molar-refractivity contribution in [1.82, 2.24) is 5.32 Å². The summed E-state index contributed by atoms with van der Waals surface area (Å²) in [5.74, 6) is -0.460.